The zero-order chi connectivity index (χ0) is 11.7. The third kappa shape index (κ3) is 1.54. The second-order valence-corrected chi connectivity index (χ2v) is 3.43. The van der Waals surface area contributed by atoms with Gasteiger partial charge in [0.1, 0.15) is 5.75 Å². The van der Waals surface area contributed by atoms with Crippen molar-refractivity contribution in [3.05, 3.63) is 17.7 Å². The standard InChI is InChI=1S/C11H12O5/c1-14-7-3-4-8(15-2)10-6(7)5-9(16-10)11(12)13/h3-4,9H,5H2,1-2H3,(H,12,13)/t9-/m0/s1. The first-order valence-electron chi connectivity index (χ1n) is 4.80. The molecule has 5 nitrogen and oxygen atoms in total. The van der Waals surface area contributed by atoms with Crippen LogP contribution in [0.25, 0.3) is 0 Å². The number of benzene rings is 1. The fourth-order valence-electron chi connectivity index (χ4n) is 1.77. The number of ether oxygens (including phenoxy) is 3. The molecular weight excluding hydrogens is 212 g/mol. The highest BCUT2D eigenvalue weighted by atomic mass is 16.5. The lowest BCUT2D eigenvalue weighted by molar-refractivity contribution is -0.144. The number of carboxylic acid groups (broad SMARTS) is 1. The number of hydrogen-bond acceptors (Lipinski definition) is 4. The summed E-state index contributed by atoms with van der Waals surface area (Å²) in [5.41, 5.74) is 0.745. The average molecular weight is 224 g/mol. The summed E-state index contributed by atoms with van der Waals surface area (Å²) in [7, 11) is 3.05. The molecule has 0 radical (unpaired) electrons. The number of carbonyl (C=O) groups is 1. The van der Waals surface area contributed by atoms with Crippen molar-refractivity contribution < 1.29 is 24.1 Å². The number of hydrogen-bond donors (Lipinski definition) is 1. The monoisotopic (exact) mass is 224 g/mol. The van der Waals surface area contributed by atoms with Crippen LogP contribution in [-0.2, 0) is 11.2 Å². The molecule has 0 aromatic heterocycles. The van der Waals surface area contributed by atoms with Gasteiger partial charge in [0.05, 0.1) is 14.2 Å². The van der Waals surface area contributed by atoms with Crippen LogP contribution in [-0.4, -0.2) is 31.4 Å². The zero-order valence-corrected chi connectivity index (χ0v) is 9.02. The smallest absolute Gasteiger partial charge is 0.345 e. The van der Waals surface area contributed by atoms with Crippen molar-refractivity contribution in [3.8, 4) is 17.2 Å². The van der Waals surface area contributed by atoms with E-state index in [-0.39, 0.29) is 0 Å². The Bertz CT molecular complexity index is 394. The molecule has 1 N–H and O–H groups in total. The van der Waals surface area contributed by atoms with E-state index in [0.29, 0.717) is 23.7 Å². The molecule has 5 heteroatoms. The third-order valence-corrected chi connectivity index (χ3v) is 2.55. The molecule has 1 aromatic carbocycles. The largest absolute Gasteiger partial charge is 0.496 e. The van der Waals surface area contributed by atoms with Gasteiger partial charge in [-0.2, -0.15) is 0 Å². The molecule has 1 aliphatic heterocycles. The minimum Gasteiger partial charge on any atom is -0.496 e. The highest BCUT2D eigenvalue weighted by molar-refractivity contribution is 5.76. The van der Waals surface area contributed by atoms with Crippen LogP contribution in [0.1, 0.15) is 5.56 Å². The van der Waals surface area contributed by atoms with Crippen molar-refractivity contribution in [3.63, 3.8) is 0 Å². The van der Waals surface area contributed by atoms with Gasteiger partial charge in [0.25, 0.3) is 0 Å². The predicted octanol–water partition coefficient (Wildman–Crippen LogP) is 1.09. The van der Waals surface area contributed by atoms with Gasteiger partial charge < -0.3 is 19.3 Å². The molecule has 0 bridgehead atoms. The maximum Gasteiger partial charge on any atom is 0.345 e. The Kier molecular flexibility index (Phi) is 2.60. The molecule has 0 amide bonds. The van der Waals surface area contributed by atoms with E-state index in [1.807, 2.05) is 0 Å². The van der Waals surface area contributed by atoms with Crippen LogP contribution in [0, 0.1) is 0 Å². The Labute approximate surface area is 92.5 Å². The van der Waals surface area contributed by atoms with Gasteiger partial charge in [0.2, 0.25) is 0 Å². The van der Waals surface area contributed by atoms with Crippen LogP contribution >= 0.6 is 0 Å². The van der Waals surface area contributed by atoms with Crippen molar-refractivity contribution in [1.82, 2.24) is 0 Å². The molecule has 86 valence electrons. The van der Waals surface area contributed by atoms with Crippen LogP contribution < -0.4 is 14.2 Å². The second kappa shape index (κ2) is 3.92. The number of fused-ring (bicyclic) bond motifs is 1. The molecule has 0 unspecified atom stereocenters. The number of carboxylic acids is 1. The molecular formula is C11H12O5. The minimum absolute atomic E-state index is 0.297. The van der Waals surface area contributed by atoms with E-state index >= 15 is 0 Å². The Morgan fingerprint density at radius 1 is 1.38 bits per heavy atom. The topological polar surface area (TPSA) is 65.0 Å². The SMILES string of the molecule is COc1ccc(OC)c2c1C[C@@H](C(=O)O)O2. The van der Waals surface area contributed by atoms with Gasteiger partial charge >= 0.3 is 5.97 Å². The summed E-state index contributed by atoms with van der Waals surface area (Å²) >= 11 is 0. The normalized spacial score (nSPS) is 17.5. The fourth-order valence-corrected chi connectivity index (χ4v) is 1.77. The van der Waals surface area contributed by atoms with Gasteiger partial charge in [0, 0.05) is 12.0 Å². The third-order valence-electron chi connectivity index (χ3n) is 2.55. The zero-order valence-electron chi connectivity index (χ0n) is 9.02. The van der Waals surface area contributed by atoms with Crippen LogP contribution in [0.5, 0.6) is 17.2 Å². The van der Waals surface area contributed by atoms with Crippen molar-refractivity contribution in [2.45, 2.75) is 12.5 Å². The lowest BCUT2D eigenvalue weighted by Gasteiger charge is -2.09. The first-order chi connectivity index (χ1) is 7.67. The van der Waals surface area contributed by atoms with Crippen LogP contribution in [0.3, 0.4) is 0 Å². The lowest BCUT2D eigenvalue weighted by atomic mass is 10.1. The molecule has 1 aliphatic rings. The molecule has 0 spiro atoms. The minimum atomic E-state index is -0.986. The van der Waals surface area contributed by atoms with Crippen LogP contribution in [0.2, 0.25) is 0 Å². The molecule has 0 saturated heterocycles. The maximum absolute atomic E-state index is 10.9. The molecule has 0 aliphatic carbocycles. The van der Waals surface area contributed by atoms with E-state index in [1.165, 1.54) is 14.2 Å². The van der Waals surface area contributed by atoms with E-state index < -0.39 is 12.1 Å². The second-order valence-electron chi connectivity index (χ2n) is 3.43. The van der Waals surface area contributed by atoms with Gasteiger partial charge in [-0.1, -0.05) is 0 Å². The Balaban J connectivity index is 2.44. The Hall–Kier alpha value is -1.91. The predicted molar refractivity (Wildman–Crippen MR) is 55.3 cm³/mol. The van der Waals surface area contributed by atoms with Gasteiger partial charge in [0.15, 0.2) is 17.6 Å². The molecule has 0 fully saturated rings. The first-order valence-corrected chi connectivity index (χ1v) is 4.80. The Morgan fingerprint density at radius 2 is 2.00 bits per heavy atom. The van der Waals surface area contributed by atoms with Crippen molar-refractivity contribution >= 4 is 5.97 Å². The molecule has 1 aromatic rings. The fraction of sp³-hybridized carbons (Fsp3) is 0.364. The quantitative estimate of drug-likeness (QED) is 0.832. The molecule has 16 heavy (non-hydrogen) atoms. The number of rotatable bonds is 3. The van der Waals surface area contributed by atoms with Gasteiger partial charge in [-0.15, -0.1) is 0 Å². The summed E-state index contributed by atoms with van der Waals surface area (Å²) < 4.78 is 15.6. The van der Waals surface area contributed by atoms with Crippen molar-refractivity contribution in [1.29, 1.82) is 0 Å². The molecule has 1 heterocycles. The van der Waals surface area contributed by atoms with Gasteiger partial charge in [-0.05, 0) is 12.1 Å². The molecule has 2 rings (SSSR count). The van der Waals surface area contributed by atoms with Crippen LogP contribution in [0.15, 0.2) is 12.1 Å². The maximum atomic E-state index is 10.9. The Morgan fingerprint density at radius 3 is 2.56 bits per heavy atom. The highest BCUT2D eigenvalue weighted by Gasteiger charge is 2.33. The summed E-state index contributed by atoms with van der Waals surface area (Å²) in [5.74, 6) is 0.633. The van der Waals surface area contributed by atoms with Crippen molar-refractivity contribution in [2.24, 2.45) is 0 Å². The summed E-state index contributed by atoms with van der Waals surface area (Å²) in [6.07, 6.45) is -0.564. The van der Waals surface area contributed by atoms with Gasteiger partial charge in [-0.25, -0.2) is 4.79 Å². The summed E-state index contributed by atoms with van der Waals surface area (Å²) in [6, 6.07) is 3.44. The number of methoxy groups -OCH3 is 2. The lowest BCUT2D eigenvalue weighted by Crippen LogP contribution is -2.24. The first kappa shape index (κ1) is 10.6. The van der Waals surface area contributed by atoms with E-state index in [2.05, 4.69) is 0 Å². The highest BCUT2D eigenvalue weighted by Crippen LogP contribution is 2.43. The van der Waals surface area contributed by atoms with E-state index in [1.54, 1.807) is 12.1 Å². The average Bonchev–Trinajstić information content (AvgIpc) is 2.72. The summed E-state index contributed by atoms with van der Waals surface area (Å²) in [4.78, 5) is 10.9. The number of aliphatic carboxylic acids is 1. The van der Waals surface area contributed by atoms with E-state index in [4.69, 9.17) is 19.3 Å². The van der Waals surface area contributed by atoms with E-state index in [9.17, 15) is 4.79 Å². The van der Waals surface area contributed by atoms with E-state index in [0.717, 1.165) is 5.56 Å². The molecule has 1 atom stereocenters. The summed E-state index contributed by atoms with van der Waals surface area (Å²) in [5, 5.41) is 8.91. The van der Waals surface area contributed by atoms with Gasteiger partial charge in [-0.3, -0.25) is 0 Å². The van der Waals surface area contributed by atoms with Crippen molar-refractivity contribution in [2.75, 3.05) is 14.2 Å². The van der Waals surface area contributed by atoms with Crippen LogP contribution in [0.4, 0.5) is 0 Å². The summed E-state index contributed by atoms with van der Waals surface area (Å²) in [6.45, 7) is 0. The molecule has 0 saturated carbocycles.